The van der Waals surface area contributed by atoms with Gasteiger partial charge < -0.3 is 8.85 Å². The molecule has 0 aliphatic rings. The molecule has 0 saturated carbocycles. The minimum absolute atomic E-state index is 0.690. The lowest BCUT2D eigenvalue weighted by atomic mass is 10.9. The lowest BCUT2D eigenvalue weighted by molar-refractivity contribution is 0.294. The van der Waals surface area contributed by atoms with Gasteiger partial charge in [0.05, 0.1) is 0 Å². The summed E-state index contributed by atoms with van der Waals surface area (Å²) in [6, 6.07) is 4.89. The molecular weight excluding hydrogens is 256 g/mol. The lowest BCUT2D eigenvalue weighted by Crippen LogP contribution is -2.55. The number of hydrogen-bond acceptors (Lipinski definition) is 2. The second-order valence-corrected chi connectivity index (χ2v) is 15.1. The minimum Gasteiger partial charge on any atom is -0.417 e. The molecular formula is C14H34O2Si2. The van der Waals surface area contributed by atoms with Crippen LogP contribution >= 0.6 is 0 Å². The van der Waals surface area contributed by atoms with E-state index in [1.165, 1.54) is 24.2 Å². The van der Waals surface area contributed by atoms with Crippen LogP contribution < -0.4 is 0 Å². The molecule has 0 unspecified atom stereocenters. The Balaban J connectivity index is 5.28. The Hall–Kier alpha value is 0.354. The van der Waals surface area contributed by atoms with Crippen LogP contribution in [0.5, 0.6) is 0 Å². The summed E-state index contributed by atoms with van der Waals surface area (Å²) in [5.74, 6) is 0. The van der Waals surface area contributed by atoms with Crippen LogP contribution in [0.4, 0.5) is 0 Å². The average molecular weight is 291 g/mol. The van der Waals surface area contributed by atoms with Crippen LogP contribution in [0.1, 0.15) is 48.5 Å². The molecule has 0 fully saturated rings. The zero-order chi connectivity index (χ0) is 14.2. The Morgan fingerprint density at radius 2 is 0.944 bits per heavy atom. The smallest absolute Gasteiger partial charge is 0.194 e. The molecule has 0 N–H and O–H groups in total. The van der Waals surface area contributed by atoms with Crippen molar-refractivity contribution in [2.45, 2.75) is 77.8 Å². The lowest BCUT2D eigenvalue weighted by Gasteiger charge is -2.45. The van der Waals surface area contributed by atoms with Crippen LogP contribution in [0.3, 0.4) is 0 Å². The van der Waals surface area contributed by atoms with E-state index in [2.05, 4.69) is 48.5 Å². The molecule has 110 valence electrons. The molecule has 2 nitrogen and oxygen atoms in total. The van der Waals surface area contributed by atoms with Crippen molar-refractivity contribution in [2.24, 2.45) is 0 Å². The fourth-order valence-corrected chi connectivity index (χ4v) is 16.1. The summed E-state index contributed by atoms with van der Waals surface area (Å²) in [6.07, 6.45) is 0. The van der Waals surface area contributed by atoms with Crippen molar-refractivity contribution in [1.82, 2.24) is 0 Å². The molecule has 18 heavy (non-hydrogen) atoms. The molecule has 0 heterocycles. The summed E-state index contributed by atoms with van der Waals surface area (Å²) < 4.78 is 12.7. The van der Waals surface area contributed by atoms with E-state index < -0.39 is 16.6 Å². The molecule has 0 aliphatic carbocycles. The summed E-state index contributed by atoms with van der Waals surface area (Å²) in [4.78, 5) is 0. The van der Waals surface area contributed by atoms with Crippen molar-refractivity contribution in [2.75, 3.05) is 13.2 Å². The standard InChI is InChI=1S/C14H34O2Si2/c1-8-15-17(10-3,11-4)14(7)18(12-5,13-6)16-9-2/h14H,8-13H2,1-7H3. The largest absolute Gasteiger partial charge is 0.417 e. The second-order valence-electron chi connectivity index (χ2n) is 5.13. The van der Waals surface area contributed by atoms with Crippen molar-refractivity contribution in [3.05, 3.63) is 0 Å². The molecule has 0 rings (SSSR count). The van der Waals surface area contributed by atoms with Crippen LogP contribution in [-0.2, 0) is 8.85 Å². The van der Waals surface area contributed by atoms with E-state index in [4.69, 9.17) is 8.85 Å². The fraction of sp³-hybridized carbons (Fsp3) is 1.00. The van der Waals surface area contributed by atoms with Crippen LogP contribution in [0.25, 0.3) is 0 Å². The van der Waals surface area contributed by atoms with Crippen molar-refractivity contribution in [3.63, 3.8) is 0 Å². The first-order valence-electron chi connectivity index (χ1n) is 7.80. The highest BCUT2D eigenvalue weighted by atomic mass is 28.4. The van der Waals surface area contributed by atoms with Gasteiger partial charge in [-0.3, -0.25) is 0 Å². The van der Waals surface area contributed by atoms with E-state index >= 15 is 0 Å². The van der Waals surface area contributed by atoms with Gasteiger partial charge in [-0.15, -0.1) is 0 Å². The van der Waals surface area contributed by atoms with Crippen molar-refractivity contribution in [1.29, 1.82) is 0 Å². The van der Waals surface area contributed by atoms with E-state index in [1.807, 2.05) is 0 Å². The molecule has 4 heteroatoms. The molecule has 0 amide bonds. The van der Waals surface area contributed by atoms with Gasteiger partial charge in [-0.25, -0.2) is 0 Å². The molecule has 0 saturated heterocycles. The molecule has 0 aromatic heterocycles. The predicted molar refractivity (Wildman–Crippen MR) is 86.1 cm³/mol. The van der Waals surface area contributed by atoms with Gasteiger partial charge >= 0.3 is 0 Å². The third-order valence-corrected chi connectivity index (χ3v) is 17.7. The Kier molecular flexibility index (Phi) is 8.68. The third kappa shape index (κ3) is 3.68. The van der Waals surface area contributed by atoms with E-state index in [9.17, 15) is 0 Å². The van der Waals surface area contributed by atoms with Crippen LogP contribution in [-0.4, -0.2) is 29.8 Å². The van der Waals surface area contributed by atoms with Gasteiger partial charge in [0.25, 0.3) is 0 Å². The van der Waals surface area contributed by atoms with Gasteiger partial charge in [0, 0.05) is 13.2 Å². The molecule has 0 spiro atoms. The maximum atomic E-state index is 6.34. The number of hydrogen-bond donors (Lipinski definition) is 0. The van der Waals surface area contributed by atoms with Gasteiger partial charge in [-0.05, 0) is 43.2 Å². The van der Waals surface area contributed by atoms with Gasteiger partial charge in [-0.1, -0.05) is 34.6 Å². The zero-order valence-corrected chi connectivity index (χ0v) is 15.6. The van der Waals surface area contributed by atoms with Gasteiger partial charge in [0.1, 0.15) is 0 Å². The Labute approximate surface area is 117 Å². The summed E-state index contributed by atoms with van der Waals surface area (Å²) in [6.45, 7) is 17.7. The quantitative estimate of drug-likeness (QED) is 0.529. The first-order valence-corrected chi connectivity index (χ1v) is 12.6. The highest BCUT2D eigenvalue weighted by molar-refractivity contribution is 6.93. The SMILES string of the molecule is CCO[Si](CC)(CC)C(C)[Si](CC)(CC)OCC. The van der Waals surface area contributed by atoms with Crippen LogP contribution in [0.2, 0.25) is 29.3 Å². The second kappa shape index (κ2) is 8.51. The highest BCUT2D eigenvalue weighted by Gasteiger charge is 2.50. The van der Waals surface area contributed by atoms with Crippen molar-refractivity contribution < 1.29 is 8.85 Å². The monoisotopic (exact) mass is 290 g/mol. The fourth-order valence-electron chi connectivity index (χ4n) is 3.44. The molecule has 0 aromatic rings. The van der Waals surface area contributed by atoms with E-state index in [0.717, 1.165) is 13.2 Å². The van der Waals surface area contributed by atoms with Crippen molar-refractivity contribution in [3.8, 4) is 0 Å². The van der Waals surface area contributed by atoms with E-state index in [-0.39, 0.29) is 0 Å². The Morgan fingerprint density at radius 1 is 0.667 bits per heavy atom. The van der Waals surface area contributed by atoms with Gasteiger partial charge in [-0.2, -0.15) is 0 Å². The molecule has 0 aromatic carbocycles. The van der Waals surface area contributed by atoms with Crippen LogP contribution in [0.15, 0.2) is 0 Å². The summed E-state index contributed by atoms with van der Waals surface area (Å²) in [5, 5.41) is 0.690. The normalized spacial score (nSPS) is 13.3. The van der Waals surface area contributed by atoms with Gasteiger partial charge in [0.15, 0.2) is 16.6 Å². The summed E-state index contributed by atoms with van der Waals surface area (Å²) in [5.41, 5.74) is 0. The van der Waals surface area contributed by atoms with E-state index in [1.54, 1.807) is 0 Å². The predicted octanol–water partition coefficient (Wildman–Crippen LogP) is 4.96. The highest BCUT2D eigenvalue weighted by Crippen LogP contribution is 2.41. The molecule has 0 bridgehead atoms. The summed E-state index contributed by atoms with van der Waals surface area (Å²) >= 11 is 0. The van der Waals surface area contributed by atoms with Gasteiger partial charge in [0.2, 0.25) is 0 Å². The minimum atomic E-state index is -1.62. The van der Waals surface area contributed by atoms with Crippen molar-refractivity contribution >= 4 is 16.6 Å². The zero-order valence-electron chi connectivity index (χ0n) is 13.6. The Morgan fingerprint density at radius 3 is 1.11 bits per heavy atom. The first-order chi connectivity index (χ1) is 8.52. The summed E-state index contributed by atoms with van der Waals surface area (Å²) in [7, 11) is -3.25. The maximum absolute atomic E-state index is 6.34. The number of rotatable bonds is 10. The maximum Gasteiger partial charge on any atom is 0.194 e. The van der Waals surface area contributed by atoms with E-state index in [0.29, 0.717) is 5.16 Å². The molecule has 0 aliphatic heterocycles. The topological polar surface area (TPSA) is 18.5 Å². The Bertz CT molecular complexity index is 192. The molecule has 0 atom stereocenters. The first kappa shape index (κ1) is 18.4. The average Bonchev–Trinajstić information content (AvgIpc) is 2.42. The third-order valence-electron chi connectivity index (χ3n) is 4.84. The molecule has 0 radical (unpaired) electrons. The van der Waals surface area contributed by atoms with Crippen LogP contribution in [0, 0.1) is 0 Å².